The number of allylic oxidation sites excluding steroid dienone is 1. The summed E-state index contributed by atoms with van der Waals surface area (Å²) in [4.78, 5) is -0.324. The van der Waals surface area contributed by atoms with Crippen LogP contribution in [0.25, 0.3) is 12.2 Å². The fourth-order valence-corrected chi connectivity index (χ4v) is 4.05. The maximum absolute atomic E-state index is 12.9. The topological polar surface area (TPSA) is 76.4 Å². The lowest BCUT2D eigenvalue weighted by molar-refractivity contribution is 0.326. The second-order valence-electron chi connectivity index (χ2n) is 6.44. The number of benzene rings is 3. The normalized spacial score (nSPS) is 11.8. The predicted octanol–water partition coefficient (Wildman–Crippen LogP) is 5.13. The summed E-state index contributed by atoms with van der Waals surface area (Å²) in [5.41, 5.74) is 1.47. The third-order valence-electron chi connectivity index (χ3n) is 4.40. The van der Waals surface area contributed by atoms with Crippen LogP contribution in [0.15, 0.2) is 94.7 Å². The van der Waals surface area contributed by atoms with Crippen molar-refractivity contribution in [3.63, 3.8) is 0 Å². The molecule has 31 heavy (non-hydrogen) atoms. The fraction of sp³-hybridized carbons (Fsp3) is 0.0800. The molecule has 156 valence electrons. The van der Waals surface area contributed by atoms with E-state index in [0.717, 1.165) is 5.56 Å². The molecule has 5 nitrogen and oxygen atoms in total. The van der Waals surface area contributed by atoms with Crippen LogP contribution in [0.2, 0.25) is 0 Å². The summed E-state index contributed by atoms with van der Waals surface area (Å²) in [5, 5.41) is 9.56. The summed E-state index contributed by atoms with van der Waals surface area (Å²) in [6.07, 6.45) is 5.08. The predicted molar refractivity (Wildman–Crippen MR) is 121 cm³/mol. The van der Waals surface area contributed by atoms with Gasteiger partial charge in [0.1, 0.15) is 17.6 Å². The maximum atomic E-state index is 12.9. The zero-order chi connectivity index (χ0) is 22.1. The van der Waals surface area contributed by atoms with E-state index in [4.69, 9.17) is 9.47 Å². The fourth-order valence-electron chi connectivity index (χ4n) is 2.88. The van der Waals surface area contributed by atoms with E-state index >= 15 is 0 Å². The molecule has 0 unspecified atom stereocenters. The number of rotatable bonds is 8. The minimum absolute atomic E-state index is 0.0546. The van der Waals surface area contributed by atoms with Crippen LogP contribution < -0.4 is 9.47 Å². The van der Waals surface area contributed by atoms with E-state index in [1.165, 1.54) is 25.3 Å². The number of ether oxygens (including phenoxy) is 2. The van der Waals surface area contributed by atoms with Crippen LogP contribution in [-0.4, -0.2) is 22.1 Å². The summed E-state index contributed by atoms with van der Waals surface area (Å²) < 4.78 is 37.0. The van der Waals surface area contributed by atoms with Gasteiger partial charge in [-0.3, -0.25) is 0 Å². The lowest BCUT2D eigenvalue weighted by Crippen LogP contribution is -2.04. The molecule has 0 heterocycles. The number of methoxy groups -OCH3 is 1. The SMILES string of the molecule is COc1cccc(/C=C(\C#N)S(=O)(=O)c2ccccc2)c1OC/C=C/c1ccccc1. The Labute approximate surface area is 182 Å². The number of hydrogen-bond donors (Lipinski definition) is 0. The zero-order valence-corrected chi connectivity index (χ0v) is 17.7. The highest BCUT2D eigenvalue weighted by atomic mass is 32.2. The van der Waals surface area contributed by atoms with Gasteiger partial charge in [-0.2, -0.15) is 5.26 Å². The average Bonchev–Trinajstić information content (AvgIpc) is 2.81. The molecular formula is C25H21NO4S. The third-order valence-corrected chi connectivity index (χ3v) is 6.08. The molecular weight excluding hydrogens is 410 g/mol. The van der Waals surface area contributed by atoms with Crippen LogP contribution in [0.3, 0.4) is 0 Å². The third kappa shape index (κ3) is 5.41. The molecule has 0 fully saturated rings. The molecule has 0 aliphatic carbocycles. The first-order valence-electron chi connectivity index (χ1n) is 9.49. The van der Waals surface area contributed by atoms with Crippen LogP contribution in [-0.2, 0) is 9.84 Å². The molecule has 3 aromatic rings. The standard InChI is InChI=1S/C25H21NO4S/c1-29-24-16-8-13-21(25(24)30-17-9-12-20-10-4-2-5-11-20)18-23(19-26)31(27,28)22-14-6-3-7-15-22/h2-16,18H,17H2,1H3/b12-9+,23-18+. The first kappa shape index (κ1) is 21.9. The quantitative estimate of drug-likeness (QED) is 0.462. The van der Waals surface area contributed by atoms with Gasteiger partial charge in [0.05, 0.1) is 12.0 Å². The highest BCUT2D eigenvalue weighted by Crippen LogP contribution is 2.34. The van der Waals surface area contributed by atoms with Gasteiger partial charge in [0.15, 0.2) is 11.5 Å². The second kappa shape index (κ2) is 10.3. The molecule has 6 heteroatoms. The Morgan fingerprint density at radius 1 is 0.968 bits per heavy atom. The van der Waals surface area contributed by atoms with Crippen molar-refractivity contribution in [2.24, 2.45) is 0 Å². The molecule has 0 saturated heterocycles. The van der Waals surface area contributed by atoms with E-state index < -0.39 is 9.84 Å². The molecule has 0 aliphatic heterocycles. The van der Waals surface area contributed by atoms with Gasteiger partial charge in [-0.05, 0) is 35.9 Å². The first-order chi connectivity index (χ1) is 15.1. The average molecular weight is 432 g/mol. The molecule has 0 N–H and O–H groups in total. The van der Waals surface area contributed by atoms with Crippen molar-refractivity contribution in [3.8, 4) is 17.6 Å². The minimum Gasteiger partial charge on any atom is -0.493 e. The molecule has 0 spiro atoms. The highest BCUT2D eigenvalue weighted by molar-refractivity contribution is 7.95. The Morgan fingerprint density at radius 2 is 1.65 bits per heavy atom. The van der Waals surface area contributed by atoms with Gasteiger partial charge in [-0.15, -0.1) is 0 Å². The molecule has 0 saturated carbocycles. The number of nitriles is 1. The van der Waals surface area contributed by atoms with Gasteiger partial charge in [-0.1, -0.05) is 66.7 Å². The summed E-state index contributed by atoms with van der Waals surface area (Å²) >= 11 is 0. The van der Waals surface area contributed by atoms with Gasteiger partial charge < -0.3 is 9.47 Å². The van der Waals surface area contributed by atoms with Crippen LogP contribution in [0, 0.1) is 11.3 Å². The van der Waals surface area contributed by atoms with Gasteiger partial charge in [0.25, 0.3) is 0 Å². The molecule has 0 bridgehead atoms. The van der Waals surface area contributed by atoms with Gasteiger partial charge in [0, 0.05) is 5.56 Å². The number of sulfone groups is 1. The first-order valence-corrected chi connectivity index (χ1v) is 11.0. The Morgan fingerprint density at radius 3 is 2.29 bits per heavy atom. The van der Waals surface area contributed by atoms with Crippen LogP contribution in [0.4, 0.5) is 0 Å². The van der Waals surface area contributed by atoms with Crippen molar-refractivity contribution in [2.45, 2.75) is 4.90 Å². The Balaban J connectivity index is 1.92. The Kier molecular flexibility index (Phi) is 7.26. The monoisotopic (exact) mass is 431 g/mol. The number of para-hydroxylation sites is 1. The van der Waals surface area contributed by atoms with Crippen LogP contribution >= 0.6 is 0 Å². The second-order valence-corrected chi connectivity index (χ2v) is 8.36. The van der Waals surface area contributed by atoms with Crippen molar-refractivity contribution in [3.05, 3.63) is 101 Å². The van der Waals surface area contributed by atoms with Crippen LogP contribution in [0.1, 0.15) is 11.1 Å². The molecule has 0 aromatic heterocycles. The smallest absolute Gasteiger partial charge is 0.216 e. The summed E-state index contributed by atoms with van der Waals surface area (Å²) in [6, 6.07) is 24.5. The van der Waals surface area contributed by atoms with E-state index in [-0.39, 0.29) is 16.4 Å². The number of nitrogens with zero attached hydrogens (tertiary/aromatic N) is 1. The summed E-state index contributed by atoms with van der Waals surface area (Å²) in [5.74, 6) is 0.801. The molecule has 0 radical (unpaired) electrons. The van der Waals surface area contributed by atoms with Gasteiger partial charge in [-0.25, -0.2) is 8.42 Å². The van der Waals surface area contributed by atoms with E-state index in [2.05, 4.69) is 0 Å². The maximum Gasteiger partial charge on any atom is 0.216 e. The van der Waals surface area contributed by atoms with Gasteiger partial charge >= 0.3 is 0 Å². The summed E-state index contributed by atoms with van der Waals surface area (Å²) in [6.45, 7) is 0.240. The Hall–Kier alpha value is -3.82. The lowest BCUT2D eigenvalue weighted by atomic mass is 10.1. The van der Waals surface area contributed by atoms with Crippen molar-refractivity contribution >= 4 is 22.0 Å². The summed E-state index contributed by atoms with van der Waals surface area (Å²) in [7, 11) is -2.46. The van der Waals surface area contributed by atoms with E-state index in [1.54, 1.807) is 42.5 Å². The van der Waals surface area contributed by atoms with E-state index in [1.807, 2.05) is 42.5 Å². The van der Waals surface area contributed by atoms with Crippen LogP contribution in [0.5, 0.6) is 11.5 Å². The van der Waals surface area contributed by atoms with Crippen molar-refractivity contribution in [1.29, 1.82) is 5.26 Å². The van der Waals surface area contributed by atoms with E-state index in [9.17, 15) is 13.7 Å². The van der Waals surface area contributed by atoms with Gasteiger partial charge in [0.2, 0.25) is 9.84 Å². The van der Waals surface area contributed by atoms with Crippen molar-refractivity contribution in [2.75, 3.05) is 13.7 Å². The molecule has 0 atom stereocenters. The highest BCUT2D eigenvalue weighted by Gasteiger charge is 2.21. The minimum atomic E-state index is -3.96. The molecule has 3 aromatic carbocycles. The molecule has 0 aliphatic rings. The zero-order valence-electron chi connectivity index (χ0n) is 16.9. The van der Waals surface area contributed by atoms with Crippen molar-refractivity contribution < 1.29 is 17.9 Å². The lowest BCUT2D eigenvalue weighted by Gasteiger charge is -2.12. The Bertz CT molecular complexity index is 1230. The van der Waals surface area contributed by atoms with Crippen molar-refractivity contribution in [1.82, 2.24) is 0 Å². The number of hydrogen-bond acceptors (Lipinski definition) is 5. The largest absolute Gasteiger partial charge is 0.493 e. The molecule has 3 rings (SSSR count). The molecule has 0 amide bonds. The van der Waals surface area contributed by atoms with E-state index in [0.29, 0.717) is 17.1 Å².